The zero-order chi connectivity index (χ0) is 16.5. The third-order valence-electron chi connectivity index (χ3n) is 3.97. The highest BCUT2D eigenvalue weighted by Crippen LogP contribution is 2.21. The fourth-order valence-electron chi connectivity index (χ4n) is 2.51. The molecule has 2 rings (SSSR count). The third-order valence-corrected chi connectivity index (χ3v) is 3.97. The number of hydrogen-bond acceptors (Lipinski definition) is 6. The maximum atomic E-state index is 12.1. The Hall–Kier alpha value is -1.69. The van der Waals surface area contributed by atoms with E-state index < -0.39 is 0 Å². The third kappa shape index (κ3) is 6.14. The van der Waals surface area contributed by atoms with Crippen molar-refractivity contribution in [3.8, 4) is 0 Å². The number of hydrogen-bond donors (Lipinski definition) is 0. The van der Waals surface area contributed by atoms with E-state index in [0.717, 1.165) is 44.9 Å². The van der Waals surface area contributed by atoms with Gasteiger partial charge in [0.1, 0.15) is 6.61 Å². The molecule has 1 aromatic heterocycles. The Labute approximate surface area is 138 Å². The number of ether oxygens (including phenoxy) is 2. The van der Waals surface area contributed by atoms with E-state index in [0.29, 0.717) is 19.1 Å². The molecule has 1 aromatic rings. The molecule has 1 saturated heterocycles. The molecule has 0 saturated carbocycles. The number of anilines is 1. The average Bonchev–Trinajstić information content (AvgIpc) is 2.58. The van der Waals surface area contributed by atoms with Crippen LogP contribution in [0.3, 0.4) is 0 Å². The van der Waals surface area contributed by atoms with Gasteiger partial charge in [0.25, 0.3) is 0 Å². The Bertz CT molecular complexity index is 459. The molecule has 0 spiro atoms. The number of aromatic nitrogens is 2. The number of carbonyl (C=O) groups excluding carboxylic acids is 1. The standard InChI is InChI=1S/C17H27N3O3/c1-14(2)6-11-22-12-13-23-16(21)15-4-9-20(10-5-15)17-18-7-3-8-19-17/h3,7-8,14-15H,4-6,9-13H2,1-2H3. The minimum Gasteiger partial charge on any atom is -0.463 e. The van der Waals surface area contributed by atoms with Crippen molar-refractivity contribution < 1.29 is 14.3 Å². The second-order valence-corrected chi connectivity index (χ2v) is 6.27. The van der Waals surface area contributed by atoms with Gasteiger partial charge in [-0.3, -0.25) is 4.79 Å². The molecular weight excluding hydrogens is 294 g/mol. The molecule has 1 aliphatic heterocycles. The van der Waals surface area contributed by atoms with Crippen LogP contribution in [0.25, 0.3) is 0 Å². The van der Waals surface area contributed by atoms with Gasteiger partial charge < -0.3 is 14.4 Å². The number of esters is 1. The molecule has 0 aromatic carbocycles. The van der Waals surface area contributed by atoms with Gasteiger partial charge in [0.15, 0.2) is 0 Å². The molecule has 2 heterocycles. The molecule has 128 valence electrons. The van der Waals surface area contributed by atoms with Crippen molar-refractivity contribution in [2.45, 2.75) is 33.1 Å². The van der Waals surface area contributed by atoms with Crippen LogP contribution in [-0.2, 0) is 14.3 Å². The van der Waals surface area contributed by atoms with E-state index in [-0.39, 0.29) is 11.9 Å². The molecule has 6 nitrogen and oxygen atoms in total. The predicted molar refractivity (Wildman–Crippen MR) is 88.2 cm³/mol. The Kier molecular flexibility index (Phi) is 7.26. The Morgan fingerprint density at radius 1 is 1.22 bits per heavy atom. The summed E-state index contributed by atoms with van der Waals surface area (Å²) in [6.45, 7) is 7.45. The zero-order valence-corrected chi connectivity index (χ0v) is 14.1. The Balaban J connectivity index is 1.60. The van der Waals surface area contributed by atoms with Crippen LogP contribution in [0.5, 0.6) is 0 Å². The molecule has 0 radical (unpaired) electrons. The maximum absolute atomic E-state index is 12.1. The van der Waals surface area contributed by atoms with Gasteiger partial charge in [0.05, 0.1) is 12.5 Å². The molecule has 0 N–H and O–H groups in total. The first-order valence-corrected chi connectivity index (χ1v) is 8.43. The summed E-state index contributed by atoms with van der Waals surface area (Å²) in [5, 5.41) is 0. The molecule has 6 heteroatoms. The van der Waals surface area contributed by atoms with E-state index >= 15 is 0 Å². The van der Waals surface area contributed by atoms with Gasteiger partial charge in [-0.1, -0.05) is 13.8 Å². The fourth-order valence-corrected chi connectivity index (χ4v) is 2.51. The summed E-state index contributed by atoms with van der Waals surface area (Å²) in [6, 6.07) is 1.80. The van der Waals surface area contributed by atoms with Gasteiger partial charge in [-0.25, -0.2) is 9.97 Å². The van der Waals surface area contributed by atoms with Crippen molar-refractivity contribution in [3.05, 3.63) is 18.5 Å². The highest BCUT2D eigenvalue weighted by molar-refractivity contribution is 5.72. The first-order chi connectivity index (χ1) is 11.2. The first kappa shape index (κ1) is 17.7. The normalized spacial score (nSPS) is 15.9. The van der Waals surface area contributed by atoms with Crippen LogP contribution >= 0.6 is 0 Å². The Morgan fingerprint density at radius 3 is 2.57 bits per heavy atom. The second kappa shape index (κ2) is 9.45. The second-order valence-electron chi connectivity index (χ2n) is 6.27. The minimum absolute atomic E-state index is 0.0226. The van der Waals surface area contributed by atoms with Crippen LogP contribution in [-0.4, -0.2) is 48.8 Å². The zero-order valence-electron chi connectivity index (χ0n) is 14.1. The van der Waals surface area contributed by atoms with Crippen molar-refractivity contribution in [1.82, 2.24) is 9.97 Å². The highest BCUT2D eigenvalue weighted by atomic mass is 16.6. The topological polar surface area (TPSA) is 64.6 Å². The van der Waals surface area contributed by atoms with E-state index in [9.17, 15) is 4.79 Å². The van der Waals surface area contributed by atoms with Crippen LogP contribution in [0.4, 0.5) is 5.95 Å². The van der Waals surface area contributed by atoms with Crippen LogP contribution < -0.4 is 4.90 Å². The summed E-state index contributed by atoms with van der Waals surface area (Å²) in [7, 11) is 0. The number of nitrogens with zero attached hydrogens (tertiary/aromatic N) is 3. The minimum atomic E-state index is -0.105. The molecule has 0 bridgehead atoms. The van der Waals surface area contributed by atoms with Crippen LogP contribution in [0.1, 0.15) is 33.1 Å². The molecule has 0 unspecified atom stereocenters. The lowest BCUT2D eigenvalue weighted by Crippen LogP contribution is -2.38. The van der Waals surface area contributed by atoms with Crippen molar-refractivity contribution in [2.24, 2.45) is 11.8 Å². The first-order valence-electron chi connectivity index (χ1n) is 8.43. The SMILES string of the molecule is CC(C)CCOCCOC(=O)C1CCN(c2ncccn2)CC1. The van der Waals surface area contributed by atoms with Crippen molar-refractivity contribution in [1.29, 1.82) is 0 Å². The van der Waals surface area contributed by atoms with Gasteiger partial charge in [0, 0.05) is 32.1 Å². The smallest absolute Gasteiger partial charge is 0.309 e. The van der Waals surface area contributed by atoms with E-state index in [4.69, 9.17) is 9.47 Å². The quantitative estimate of drug-likeness (QED) is 0.541. The summed E-state index contributed by atoms with van der Waals surface area (Å²) < 4.78 is 10.8. The van der Waals surface area contributed by atoms with Crippen LogP contribution in [0, 0.1) is 11.8 Å². The number of rotatable bonds is 8. The summed E-state index contributed by atoms with van der Waals surface area (Å²) in [5.74, 6) is 1.24. The predicted octanol–water partition coefficient (Wildman–Crippen LogP) is 2.30. The lowest BCUT2D eigenvalue weighted by Gasteiger charge is -2.30. The van der Waals surface area contributed by atoms with Crippen molar-refractivity contribution in [3.63, 3.8) is 0 Å². The molecule has 1 fully saturated rings. The highest BCUT2D eigenvalue weighted by Gasteiger charge is 2.27. The molecular formula is C17H27N3O3. The van der Waals surface area contributed by atoms with Gasteiger partial charge in [-0.15, -0.1) is 0 Å². The van der Waals surface area contributed by atoms with Gasteiger partial charge in [-0.2, -0.15) is 0 Å². The summed E-state index contributed by atoms with van der Waals surface area (Å²) in [6.07, 6.45) is 6.08. The lowest BCUT2D eigenvalue weighted by atomic mass is 9.97. The summed E-state index contributed by atoms with van der Waals surface area (Å²) >= 11 is 0. The van der Waals surface area contributed by atoms with Gasteiger partial charge in [0.2, 0.25) is 5.95 Å². The fraction of sp³-hybridized carbons (Fsp3) is 0.706. The van der Waals surface area contributed by atoms with Gasteiger partial charge >= 0.3 is 5.97 Å². The van der Waals surface area contributed by atoms with Crippen LogP contribution in [0.2, 0.25) is 0 Å². The Morgan fingerprint density at radius 2 is 1.91 bits per heavy atom. The van der Waals surface area contributed by atoms with Crippen molar-refractivity contribution >= 4 is 11.9 Å². The van der Waals surface area contributed by atoms with Crippen molar-refractivity contribution in [2.75, 3.05) is 37.8 Å². The van der Waals surface area contributed by atoms with E-state index in [1.807, 2.05) is 0 Å². The maximum Gasteiger partial charge on any atom is 0.309 e. The largest absolute Gasteiger partial charge is 0.463 e. The molecule has 1 aliphatic rings. The molecule has 0 amide bonds. The summed E-state index contributed by atoms with van der Waals surface area (Å²) in [5.41, 5.74) is 0. The molecule has 23 heavy (non-hydrogen) atoms. The molecule has 0 aliphatic carbocycles. The number of carbonyl (C=O) groups is 1. The van der Waals surface area contributed by atoms with E-state index in [2.05, 4.69) is 28.7 Å². The summed E-state index contributed by atoms with van der Waals surface area (Å²) in [4.78, 5) is 22.7. The van der Waals surface area contributed by atoms with E-state index in [1.54, 1.807) is 18.5 Å². The molecule has 0 atom stereocenters. The monoisotopic (exact) mass is 321 g/mol. The van der Waals surface area contributed by atoms with Gasteiger partial charge in [-0.05, 0) is 31.2 Å². The van der Waals surface area contributed by atoms with Crippen LogP contribution in [0.15, 0.2) is 18.5 Å². The number of piperidine rings is 1. The lowest BCUT2D eigenvalue weighted by molar-refractivity contribution is -0.150. The average molecular weight is 321 g/mol. The van der Waals surface area contributed by atoms with E-state index in [1.165, 1.54) is 0 Å².